The molecule has 2 amide bonds. The number of fused-ring (bicyclic) bond motifs is 2. The van der Waals surface area contributed by atoms with Crippen molar-refractivity contribution in [2.75, 3.05) is 6.54 Å². The first-order valence-corrected chi connectivity index (χ1v) is 10.3. The van der Waals surface area contributed by atoms with Crippen molar-refractivity contribution in [3.63, 3.8) is 0 Å². The summed E-state index contributed by atoms with van der Waals surface area (Å²) in [6.45, 7) is -0.162. The summed E-state index contributed by atoms with van der Waals surface area (Å²) in [6.07, 6.45) is 0.705. The van der Waals surface area contributed by atoms with Gasteiger partial charge in [-0.1, -0.05) is 0 Å². The fraction of sp³-hybridized carbons (Fsp3) is 0.571. The number of rotatable bonds is 3. The van der Waals surface area contributed by atoms with Crippen LogP contribution < -0.4 is 5.73 Å². The van der Waals surface area contributed by atoms with Crippen molar-refractivity contribution in [2.45, 2.75) is 62.4 Å². The van der Waals surface area contributed by atoms with Crippen molar-refractivity contribution in [1.29, 1.82) is 5.26 Å². The lowest BCUT2D eigenvalue weighted by Crippen LogP contribution is -2.55. The number of alkyl halides is 1. The highest BCUT2D eigenvalue weighted by atomic mass is 19.2. The first-order valence-electron chi connectivity index (χ1n) is 10.3. The van der Waals surface area contributed by atoms with Gasteiger partial charge in [-0.05, 0) is 37.7 Å². The molecule has 3 aliphatic rings. The summed E-state index contributed by atoms with van der Waals surface area (Å²) in [7, 11) is 0. The van der Waals surface area contributed by atoms with Gasteiger partial charge < -0.3 is 15.5 Å². The number of nitrogens with zero attached hydrogens (tertiary/aromatic N) is 3. The van der Waals surface area contributed by atoms with E-state index in [0.29, 0.717) is 37.8 Å². The van der Waals surface area contributed by atoms with E-state index in [9.17, 15) is 32.4 Å². The molecule has 1 aromatic rings. The second-order valence-electron chi connectivity index (χ2n) is 8.57. The number of hydrogen-bond acceptors (Lipinski definition) is 4. The monoisotopic (exact) mass is 438 g/mol. The van der Waals surface area contributed by atoms with E-state index >= 15 is 0 Å². The zero-order chi connectivity index (χ0) is 22.4. The van der Waals surface area contributed by atoms with Crippen LogP contribution in [0.2, 0.25) is 0 Å². The van der Waals surface area contributed by atoms with E-state index in [-0.39, 0.29) is 31.0 Å². The largest absolute Gasteiger partial charge is 0.333 e. The quantitative estimate of drug-likeness (QED) is 0.579. The van der Waals surface area contributed by atoms with Crippen molar-refractivity contribution in [1.82, 2.24) is 9.80 Å². The van der Waals surface area contributed by atoms with Gasteiger partial charge >= 0.3 is 0 Å². The molecule has 2 N–H and O–H groups in total. The summed E-state index contributed by atoms with van der Waals surface area (Å²) < 4.78 is 54.6. The maximum atomic E-state index is 14.1. The fourth-order valence-corrected chi connectivity index (χ4v) is 5.21. The average Bonchev–Trinajstić information content (AvgIpc) is 3.25. The Morgan fingerprint density at radius 3 is 2.29 bits per heavy atom. The van der Waals surface area contributed by atoms with Crippen LogP contribution in [-0.4, -0.2) is 58.5 Å². The lowest BCUT2D eigenvalue weighted by Gasteiger charge is -2.41. The van der Waals surface area contributed by atoms with Crippen LogP contribution in [0.3, 0.4) is 0 Å². The topological polar surface area (TPSA) is 90.4 Å². The molecular formula is C21H22F4N4O2. The van der Waals surface area contributed by atoms with Gasteiger partial charge in [0.2, 0.25) is 5.91 Å². The van der Waals surface area contributed by atoms with Gasteiger partial charge in [0.25, 0.3) is 5.91 Å². The van der Waals surface area contributed by atoms with E-state index in [1.54, 1.807) is 0 Å². The molecule has 166 valence electrons. The predicted octanol–water partition coefficient (Wildman–Crippen LogP) is 2.28. The SMILES string of the molecule is N#C[C@@H]1C[C@H](F)CN1C(=O)[C@@H](N)C1C[C@@H]2CC[C@@H](C1)N2C(=O)c1cc(F)c(F)cc1F. The minimum absolute atomic E-state index is 0.0348. The Morgan fingerprint density at radius 2 is 1.68 bits per heavy atom. The molecule has 3 aliphatic heterocycles. The smallest absolute Gasteiger partial charge is 0.257 e. The maximum Gasteiger partial charge on any atom is 0.257 e. The Bertz CT molecular complexity index is 938. The molecule has 0 aromatic heterocycles. The molecule has 3 saturated heterocycles. The Kier molecular flexibility index (Phi) is 5.64. The third-order valence-corrected chi connectivity index (χ3v) is 6.72. The summed E-state index contributed by atoms with van der Waals surface area (Å²) in [5, 5.41) is 9.18. The molecule has 0 unspecified atom stereocenters. The molecular weight excluding hydrogens is 416 g/mol. The summed E-state index contributed by atoms with van der Waals surface area (Å²) in [5.74, 6) is -5.29. The third kappa shape index (κ3) is 3.76. The molecule has 31 heavy (non-hydrogen) atoms. The number of nitriles is 1. The van der Waals surface area contributed by atoms with Gasteiger partial charge in [-0.25, -0.2) is 17.6 Å². The standard InChI is InChI=1S/C21H22F4N4O2/c22-11-5-14(8-26)28(9-11)21(31)19(27)10-3-12-1-2-13(4-10)29(12)20(30)15-6-17(24)18(25)7-16(15)23/h6-7,10-14,19H,1-5,9,27H2/t11-,12-,13-,14-,19-/m0/s1. The highest BCUT2D eigenvalue weighted by molar-refractivity contribution is 5.95. The second-order valence-corrected chi connectivity index (χ2v) is 8.57. The van der Waals surface area contributed by atoms with E-state index < -0.39 is 53.1 Å². The normalized spacial score (nSPS) is 30.9. The van der Waals surface area contributed by atoms with Crippen LogP contribution in [-0.2, 0) is 4.79 Å². The second kappa shape index (κ2) is 8.11. The highest BCUT2D eigenvalue weighted by Crippen LogP contribution is 2.41. The van der Waals surface area contributed by atoms with Crippen LogP contribution in [0.15, 0.2) is 12.1 Å². The minimum Gasteiger partial charge on any atom is -0.333 e. The van der Waals surface area contributed by atoms with Crippen molar-refractivity contribution in [3.8, 4) is 6.07 Å². The Morgan fingerprint density at radius 1 is 1.06 bits per heavy atom. The molecule has 1 aromatic carbocycles. The van der Waals surface area contributed by atoms with Crippen LogP contribution in [0.25, 0.3) is 0 Å². The Hall–Kier alpha value is -2.67. The molecule has 0 spiro atoms. The van der Waals surface area contributed by atoms with E-state index in [4.69, 9.17) is 5.73 Å². The molecule has 5 atom stereocenters. The van der Waals surface area contributed by atoms with Gasteiger partial charge in [0.1, 0.15) is 18.0 Å². The summed E-state index contributed by atoms with van der Waals surface area (Å²) >= 11 is 0. The van der Waals surface area contributed by atoms with Crippen LogP contribution in [0.4, 0.5) is 17.6 Å². The number of carbonyl (C=O) groups excluding carboxylic acids is 2. The highest BCUT2D eigenvalue weighted by Gasteiger charge is 2.48. The zero-order valence-electron chi connectivity index (χ0n) is 16.6. The minimum atomic E-state index is -1.37. The molecule has 3 fully saturated rings. The van der Waals surface area contributed by atoms with Crippen molar-refractivity contribution in [3.05, 3.63) is 35.1 Å². The fourth-order valence-electron chi connectivity index (χ4n) is 5.21. The van der Waals surface area contributed by atoms with Crippen LogP contribution >= 0.6 is 0 Å². The van der Waals surface area contributed by atoms with Gasteiger partial charge in [0, 0.05) is 24.6 Å². The van der Waals surface area contributed by atoms with E-state index in [1.807, 2.05) is 6.07 Å². The van der Waals surface area contributed by atoms with Crippen LogP contribution in [0.1, 0.15) is 42.5 Å². The maximum absolute atomic E-state index is 14.1. The van der Waals surface area contributed by atoms with Gasteiger partial charge in [-0.3, -0.25) is 9.59 Å². The number of hydrogen-bond donors (Lipinski definition) is 1. The van der Waals surface area contributed by atoms with Gasteiger partial charge in [-0.15, -0.1) is 0 Å². The predicted molar refractivity (Wildman–Crippen MR) is 101 cm³/mol. The number of benzene rings is 1. The van der Waals surface area contributed by atoms with Gasteiger partial charge in [-0.2, -0.15) is 5.26 Å². The molecule has 0 radical (unpaired) electrons. The van der Waals surface area contributed by atoms with Gasteiger partial charge in [0.15, 0.2) is 11.6 Å². The number of amides is 2. The van der Waals surface area contributed by atoms with Crippen molar-refractivity contribution < 1.29 is 27.2 Å². The Balaban J connectivity index is 1.48. The molecule has 2 bridgehead atoms. The lowest BCUT2D eigenvalue weighted by molar-refractivity contribution is -0.134. The molecule has 10 heteroatoms. The summed E-state index contributed by atoms with van der Waals surface area (Å²) in [4.78, 5) is 28.4. The van der Waals surface area contributed by atoms with Crippen molar-refractivity contribution >= 4 is 11.8 Å². The molecule has 0 saturated carbocycles. The van der Waals surface area contributed by atoms with E-state index in [0.717, 1.165) is 0 Å². The van der Waals surface area contributed by atoms with Crippen molar-refractivity contribution in [2.24, 2.45) is 11.7 Å². The number of carbonyl (C=O) groups is 2. The first kappa shape index (κ1) is 21.6. The zero-order valence-corrected chi connectivity index (χ0v) is 16.6. The van der Waals surface area contributed by atoms with E-state index in [2.05, 4.69) is 0 Å². The first-order chi connectivity index (χ1) is 14.7. The van der Waals surface area contributed by atoms with Crippen LogP contribution in [0.5, 0.6) is 0 Å². The third-order valence-electron chi connectivity index (χ3n) is 6.72. The molecule has 0 aliphatic carbocycles. The number of nitrogens with two attached hydrogens (primary N) is 1. The Labute approximate surface area is 176 Å². The summed E-state index contributed by atoms with van der Waals surface area (Å²) in [6, 6.07) is 0.427. The number of piperidine rings is 1. The number of likely N-dealkylation sites (tertiary alicyclic amines) is 1. The summed E-state index contributed by atoms with van der Waals surface area (Å²) in [5.41, 5.74) is 5.67. The van der Waals surface area contributed by atoms with E-state index in [1.165, 1.54) is 9.80 Å². The average molecular weight is 438 g/mol. The molecule has 6 nitrogen and oxygen atoms in total. The van der Waals surface area contributed by atoms with Crippen LogP contribution in [0, 0.1) is 34.7 Å². The number of halogens is 4. The molecule has 3 heterocycles. The van der Waals surface area contributed by atoms with Gasteiger partial charge in [0.05, 0.1) is 24.2 Å². The molecule has 4 rings (SSSR count). The lowest BCUT2D eigenvalue weighted by atomic mass is 9.84.